The van der Waals surface area contributed by atoms with Crippen LogP contribution in [0.25, 0.3) is 11.3 Å². The summed E-state index contributed by atoms with van der Waals surface area (Å²) in [6.07, 6.45) is 1.92. The number of guanidine groups is 1. The number of benzene rings is 2. The van der Waals surface area contributed by atoms with Crippen LogP contribution in [0.5, 0.6) is 0 Å². The summed E-state index contributed by atoms with van der Waals surface area (Å²) in [5, 5.41) is 13.6. The molecule has 0 aliphatic carbocycles. The van der Waals surface area contributed by atoms with E-state index in [-0.39, 0.29) is 24.0 Å². The highest BCUT2D eigenvalue weighted by Crippen LogP contribution is 2.16. The summed E-state index contributed by atoms with van der Waals surface area (Å²) in [6, 6.07) is 20.1. The van der Waals surface area contributed by atoms with Crippen molar-refractivity contribution >= 4 is 29.9 Å². The van der Waals surface area contributed by atoms with E-state index in [1.165, 1.54) is 0 Å². The number of nitrogens with zero attached hydrogens (tertiary/aromatic N) is 3. The molecule has 0 spiro atoms. The fraction of sp³-hybridized carbons (Fsp3) is 0.304. The first-order valence-corrected chi connectivity index (χ1v) is 9.96. The number of hydrogen-bond donors (Lipinski definition) is 3. The van der Waals surface area contributed by atoms with Crippen LogP contribution in [0.15, 0.2) is 71.9 Å². The second kappa shape index (κ2) is 12.3. The van der Waals surface area contributed by atoms with Crippen LogP contribution >= 0.6 is 24.0 Å². The molecule has 3 N–H and O–H groups in total. The van der Waals surface area contributed by atoms with Crippen LogP contribution < -0.4 is 5.32 Å². The van der Waals surface area contributed by atoms with Gasteiger partial charge in [0.05, 0.1) is 31.1 Å². The molecule has 0 aliphatic heterocycles. The molecule has 0 aliphatic rings. The molecular formula is C23H30IN5O. The van der Waals surface area contributed by atoms with Crippen molar-refractivity contribution < 1.29 is 5.11 Å². The Balaban J connectivity index is 0.00000320. The first kappa shape index (κ1) is 23.9. The Morgan fingerprint density at radius 3 is 2.47 bits per heavy atom. The zero-order valence-electron chi connectivity index (χ0n) is 17.5. The van der Waals surface area contributed by atoms with E-state index in [2.05, 4.69) is 32.4 Å². The number of aliphatic hydroxyl groups is 1. The lowest BCUT2D eigenvalue weighted by Gasteiger charge is -2.21. The maximum Gasteiger partial charge on any atom is 0.194 e. The highest BCUT2D eigenvalue weighted by Gasteiger charge is 2.11. The van der Waals surface area contributed by atoms with Crippen molar-refractivity contribution in [1.82, 2.24) is 20.2 Å². The molecule has 0 fully saturated rings. The van der Waals surface area contributed by atoms with Crippen molar-refractivity contribution in [3.05, 3.63) is 78.2 Å². The molecule has 0 saturated heterocycles. The smallest absolute Gasteiger partial charge is 0.194 e. The number of aliphatic imine (C=N–C) groups is 1. The molecular weight excluding hydrogens is 489 g/mol. The van der Waals surface area contributed by atoms with Gasteiger partial charge in [0.15, 0.2) is 5.96 Å². The number of rotatable bonds is 8. The molecule has 1 heterocycles. The minimum absolute atomic E-state index is 0. The zero-order chi connectivity index (χ0) is 20.5. The summed E-state index contributed by atoms with van der Waals surface area (Å²) in [5.41, 5.74) is 3.21. The lowest BCUT2D eigenvalue weighted by molar-refractivity contribution is 0.183. The van der Waals surface area contributed by atoms with E-state index in [9.17, 15) is 5.11 Å². The van der Waals surface area contributed by atoms with Crippen LogP contribution in [0, 0.1) is 0 Å². The molecule has 2 aromatic carbocycles. The van der Waals surface area contributed by atoms with Gasteiger partial charge in [-0.05, 0) is 18.1 Å². The maximum absolute atomic E-state index is 10.3. The largest absolute Gasteiger partial charge is 0.391 e. The lowest BCUT2D eigenvalue weighted by atomic mass is 10.1. The molecule has 3 aromatic rings. The number of nitrogens with one attached hydrogen (secondary N) is 2. The lowest BCUT2D eigenvalue weighted by Crippen LogP contribution is -2.39. The van der Waals surface area contributed by atoms with E-state index < -0.39 is 6.10 Å². The summed E-state index contributed by atoms with van der Waals surface area (Å²) in [5.74, 6) is 1.61. The molecule has 3 rings (SSSR count). The number of aliphatic hydroxyl groups excluding tert-OH is 1. The second-order valence-electron chi connectivity index (χ2n) is 7.00. The summed E-state index contributed by atoms with van der Waals surface area (Å²) in [6.45, 7) is 3.72. The Kier molecular flexibility index (Phi) is 9.82. The summed E-state index contributed by atoms with van der Waals surface area (Å²) in [7, 11) is 1.97. The van der Waals surface area contributed by atoms with Gasteiger partial charge >= 0.3 is 0 Å². The average Bonchev–Trinajstić information content (AvgIpc) is 3.21. The van der Waals surface area contributed by atoms with Crippen LogP contribution in [0.4, 0.5) is 0 Å². The van der Waals surface area contributed by atoms with Gasteiger partial charge in [0.1, 0.15) is 5.82 Å². The number of aromatic nitrogens is 2. The Bertz CT molecular complexity index is 898. The van der Waals surface area contributed by atoms with Crippen molar-refractivity contribution in [2.75, 3.05) is 20.1 Å². The summed E-state index contributed by atoms with van der Waals surface area (Å²) < 4.78 is 0. The van der Waals surface area contributed by atoms with Crippen molar-refractivity contribution in [2.45, 2.75) is 26.0 Å². The Morgan fingerprint density at radius 2 is 1.80 bits per heavy atom. The molecule has 6 nitrogen and oxygen atoms in total. The number of H-pyrrole nitrogens is 1. The molecule has 30 heavy (non-hydrogen) atoms. The molecule has 160 valence electrons. The highest BCUT2D eigenvalue weighted by atomic mass is 127. The van der Waals surface area contributed by atoms with Crippen molar-refractivity contribution in [3.8, 4) is 11.3 Å². The molecule has 0 bridgehead atoms. The van der Waals surface area contributed by atoms with Crippen LogP contribution in [-0.4, -0.2) is 52.2 Å². The highest BCUT2D eigenvalue weighted by molar-refractivity contribution is 14.0. The van der Waals surface area contributed by atoms with Crippen LogP contribution in [-0.2, 0) is 13.0 Å². The Labute approximate surface area is 195 Å². The van der Waals surface area contributed by atoms with Gasteiger partial charge in [-0.2, -0.15) is 0 Å². The molecule has 1 atom stereocenters. The van der Waals surface area contributed by atoms with Gasteiger partial charge in [-0.15, -0.1) is 24.0 Å². The number of hydrogen-bond acceptors (Lipinski definition) is 3. The van der Waals surface area contributed by atoms with Crippen LogP contribution in [0.1, 0.15) is 18.3 Å². The first-order chi connectivity index (χ1) is 14.2. The zero-order valence-corrected chi connectivity index (χ0v) is 19.8. The fourth-order valence-corrected chi connectivity index (χ4v) is 3.12. The van der Waals surface area contributed by atoms with Gasteiger partial charge in [-0.3, -0.25) is 4.99 Å². The number of imidazole rings is 1. The third-order valence-electron chi connectivity index (χ3n) is 4.56. The maximum atomic E-state index is 10.3. The molecule has 0 radical (unpaired) electrons. The van der Waals surface area contributed by atoms with Gasteiger partial charge in [0, 0.05) is 20.0 Å². The van der Waals surface area contributed by atoms with Crippen LogP contribution in [0.2, 0.25) is 0 Å². The normalized spacial score (nSPS) is 12.2. The van der Waals surface area contributed by atoms with Gasteiger partial charge in [0.25, 0.3) is 0 Å². The van der Waals surface area contributed by atoms with Crippen LogP contribution in [0.3, 0.4) is 0 Å². The molecule has 1 unspecified atom stereocenters. The van der Waals surface area contributed by atoms with E-state index in [0.717, 1.165) is 35.1 Å². The van der Waals surface area contributed by atoms with E-state index >= 15 is 0 Å². The number of aromatic amines is 1. The number of halogens is 1. The topological polar surface area (TPSA) is 76.5 Å². The minimum Gasteiger partial charge on any atom is -0.391 e. The predicted octanol–water partition coefficient (Wildman–Crippen LogP) is 3.70. The Hall–Kier alpha value is -2.39. The molecule has 1 aromatic heterocycles. The van der Waals surface area contributed by atoms with Crippen molar-refractivity contribution in [3.63, 3.8) is 0 Å². The van der Waals surface area contributed by atoms with Gasteiger partial charge < -0.3 is 20.3 Å². The third kappa shape index (κ3) is 7.14. The van der Waals surface area contributed by atoms with Gasteiger partial charge in [0.2, 0.25) is 0 Å². The van der Waals surface area contributed by atoms with E-state index in [1.807, 2.05) is 73.6 Å². The second-order valence-corrected chi connectivity index (χ2v) is 7.00. The van der Waals surface area contributed by atoms with Gasteiger partial charge in [-0.25, -0.2) is 4.98 Å². The average molecular weight is 519 g/mol. The standard InChI is InChI=1S/C23H29N5O.HI/c1-3-24-23(26-15-20(29)14-18-10-6-4-7-11-18)28(2)17-22-25-16-21(27-22)19-12-8-5-9-13-19;/h4-13,16,20,29H,3,14-15,17H2,1-2H3,(H,24,26)(H,25,27);1H. The van der Waals surface area contributed by atoms with Crippen molar-refractivity contribution in [1.29, 1.82) is 0 Å². The molecule has 0 saturated carbocycles. The molecule has 7 heteroatoms. The SMILES string of the molecule is CCNC(=NCC(O)Cc1ccccc1)N(C)Cc1ncc(-c2ccccc2)[nH]1.I. The summed E-state index contributed by atoms with van der Waals surface area (Å²) >= 11 is 0. The van der Waals surface area contributed by atoms with Crippen molar-refractivity contribution in [2.24, 2.45) is 4.99 Å². The fourth-order valence-electron chi connectivity index (χ4n) is 3.12. The minimum atomic E-state index is -0.521. The monoisotopic (exact) mass is 519 g/mol. The third-order valence-corrected chi connectivity index (χ3v) is 4.56. The first-order valence-electron chi connectivity index (χ1n) is 9.96. The van der Waals surface area contributed by atoms with E-state index in [0.29, 0.717) is 19.5 Å². The predicted molar refractivity (Wildman–Crippen MR) is 133 cm³/mol. The quantitative estimate of drug-likeness (QED) is 0.241. The van der Waals surface area contributed by atoms with E-state index in [4.69, 9.17) is 0 Å². The van der Waals surface area contributed by atoms with Gasteiger partial charge in [-0.1, -0.05) is 60.7 Å². The molecule has 0 amide bonds. The van der Waals surface area contributed by atoms with E-state index in [1.54, 1.807) is 0 Å². The summed E-state index contributed by atoms with van der Waals surface area (Å²) in [4.78, 5) is 14.5. The Morgan fingerprint density at radius 1 is 1.13 bits per heavy atom.